The Morgan fingerprint density at radius 3 is 2.47 bits per heavy atom. The summed E-state index contributed by atoms with van der Waals surface area (Å²) >= 11 is 0. The molecule has 1 fully saturated rings. The summed E-state index contributed by atoms with van der Waals surface area (Å²) in [5, 5.41) is 0.481. The van der Waals surface area contributed by atoms with Crippen LogP contribution in [-0.4, -0.2) is 35.7 Å². The second kappa shape index (κ2) is 7.94. The highest BCUT2D eigenvalue weighted by molar-refractivity contribution is 5.94. The van der Waals surface area contributed by atoms with Gasteiger partial charge in [0, 0.05) is 13.1 Å². The minimum absolute atomic E-state index is 0.131. The van der Waals surface area contributed by atoms with Gasteiger partial charge in [-0.3, -0.25) is 4.79 Å². The van der Waals surface area contributed by atoms with Gasteiger partial charge in [-0.1, -0.05) is 13.0 Å². The number of carbonyl (C=O) groups is 1. The van der Waals surface area contributed by atoms with Gasteiger partial charge in [0.1, 0.15) is 0 Å². The van der Waals surface area contributed by atoms with Crippen molar-refractivity contribution in [2.45, 2.75) is 33.6 Å². The molecule has 1 aliphatic heterocycles. The zero-order valence-corrected chi connectivity index (χ0v) is 17.9. The number of nitrogens with zero attached hydrogens (tertiary/aromatic N) is 3. The summed E-state index contributed by atoms with van der Waals surface area (Å²) in [6.07, 6.45) is 2.12. The van der Waals surface area contributed by atoms with Gasteiger partial charge in [-0.15, -0.1) is 0 Å². The Labute approximate surface area is 176 Å². The molecule has 2 aromatic carbocycles. The number of methoxy groups -OCH3 is 1. The van der Waals surface area contributed by atoms with Gasteiger partial charge in [0.25, 0.3) is 5.56 Å². The van der Waals surface area contributed by atoms with E-state index in [2.05, 4.69) is 18.7 Å². The molecule has 0 N–H and O–H groups in total. The average molecular weight is 405 g/mol. The third kappa shape index (κ3) is 3.58. The molecule has 1 aliphatic rings. The summed E-state index contributed by atoms with van der Waals surface area (Å²) in [6, 6.07) is 11.0. The van der Waals surface area contributed by atoms with Crippen molar-refractivity contribution in [3.63, 3.8) is 0 Å². The number of aryl methyl sites for hydroxylation is 2. The van der Waals surface area contributed by atoms with Crippen molar-refractivity contribution in [2.75, 3.05) is 25.1 Å². The van der Waals surface area contributed by atoms with Gasteiger partial charge in [-0.2, -0.15) is 0 Å². The lowest BCUT2D eigenvalue weighted by molar-refractivity contribution is 0.0601. The van der Waals surface area contributed by atoms with Gasteiger partial charge >= 0.3 is 5.97 Å². The lowest BCUT2D eigenvalue weighted by atomic mass is 9.99. The van der Waals surface area contributed by atoms with Crippen LogP contribution in [0.2, 0.25) is 0 Å². The number of piperidine rings is 1. The summed E-state index contributed by atoms with van der Waals surface area (Å²) in [4.78, 5) is 32.6. The predicted molar refractivity (Wildman–Crippen MR) is 119 cm³/mol. The zero-order valence-electron chi connectivity index (χ0n) is 17.9. The van der Waals surface area contributed by atoms with Crippen LogP contribution in [0.15, 0.2) is 41.2 Å². The van der Waals surface area contributed by atoms with Crippen molar-refractivity contribution in [3.05, 3.63) is 63.4 Å². The Morgan fingerprint density at radius 1 is 1.07 bits per heavy atom. The average Bonchev–Trinajstić information content (AvgIpc) is 2.75. The fraction of sp³-hybridized carbons (Fsp3) is 0.375. The van der Waals surface area contributed by atoms with Crippen molar-refractivity contribution in [2.24, 2.45) is 5.92 Å². The number of carbonyl (C=O) groups excluding carboxylic acids is 1. The first-order chi connectivity index (χ1) is 14.4. The molecule has 2 heterocycles. The lowest BCUT2D eigenvalue weighted by Gasteiger charge is -2.32. The topological polar surface area (TPSA) is 64.4 Å². The number of esters is 1. The largest absolute Gasteiger partial charge is 0.465 e. The quantitative estimate of drug-likeness (QED) is 0.616. The van der Waals surface area contributed by atoms with E-state index in [0.717, 1.165) is 37.2 Å². The van der Waals surface area contributed by atoms with Crippen molar-refractivity contribution < 1.29 is 9.53 Å². The molecule has 0 amide bonds. The maximum atomic E-state index is 13.6. The molecule has 6 heteroatoms. The number of hydrogen-bond donors (Lipinski definition) is 0. The van der Waals surface area contributed by atoms with Crippen LogP contribution in [0, 0.1) is 19.8 Å². The van der Waals surface area contributed by atoms with Crippen LogP contribution in [0.3, 0.4) is 0 Å². The molecule has 0 spiro atoms. The first-order valence-corrected chi connectivity index (χ1v) is 10.4. The molecule has 0 saturated carbocycles. The SMILES string of the molecule is COC(=O)c1ccc2c(=O)n(-c3ccc(C)c(C)c3)c(N3CCC(C)CC3)nc2c1. The molecule has 0 unspecified atom stereocenters. The van der Waals surface area contributed by atoms with E-state index in [0.29, 0.717) is 28.3 Å². The van der Waals surface area contributed by atoms with Crippen molar-refractivity contribution in [1.82, 2.24) is 9.55 Å². The molecular formula is C24H27N3O3. The van der Waals surface area contributed by atoms with E-state index >= 15 is 0 Å². The number of ether oxygens (including phenoxy) is 1. The van der Waals surface area contributed by atoms with Gasteiger partial charge < -0.3 is 9.64 Å². The summed E-state index contributed by atoms with van der Waals surface area (Å²) in [5.74, 6) is 0.851. The molecule has 4 rings (SSSR count). The Hall–Kier alpha value is -3.15. The summed E-state index contributed by atoms with van der Waals surface area (Å²) in [5.41, 5.74) is 3.88. The molecule has 3 aromatic rings. The Kier molecular flexibility index (Phi) is 5.33. The molecule has 0 aliphatic carbocycles. The molecule has 0 bridgehead atoms. The molecule has 0 radical (unpaired) electrons. The highest BCUT2D eigenvalue weighted by atomic mass is 16.5. The van der Waals surface area contributed by atoms with Crippen molar-refractivity contribution >= 4 is 22.8 Å². The number of rotatable bonds is 3. The fourth-order valence-corrected chi connectivity index (χ4v) is 3.94. The van der Waals surface area contributed by atoms with E-state index in [-0.39, 0.29) is 5.56 Å². The molecule has 0 atom stereocenters. The van der Waals surface area contributed by atoms with Gasteiger partial charge in [-0.05, 0) is 74.1 Å². The second-order valence-corrected chi connectivity index (χ2v) is 8.21. The first-order valence-electron chi connectivity index (χ1n) is 10.4. The van der Waals surface area contributed by atoms with Gasteiger partial charge in [-0.25, -0.2) is 14.3 Å². The van der Waals surface area contributed by atoms with E-state index in [4.69, 9.17) is 9.72 Å². The van der Waals surface area contributed by atoms with Crippen LogP contribution < -0.4 is 10.5 Å². The van der Waals surface area contributed by atoms with E-state index in [9.17, 15) is 9.59 Å². The van der Waals surface area contributed by atoms with Crippen LogP contribution in [0.4, 0.5) is 5.95 Å². The van der Waals surface area contributed by atoms with Crippen molar-refractivity contribution in [3.8, 4) is 5.69 Å². The lowest BCUT2D eigenvalue weighted by Crippen LogP contribution is -2.38. The number of anilines is 1. The van der Waals surface area contributed by atoms with Crippen LogP contribution in [0.1, 0.15) is 41.3 Å². The molecule has 1 saturated heterocycles. The highest BCUT2D eigenvalue weighted by Gasteiger charge is 2.23. The van der Waals surface area contributed by atoms with Gasteiger partial charge in [0.15, 0.2) is 0 Å². The Bertz CT molecular complexity index is 1170. The normalized spacial score (nSPS) is 14.9. The minimum atomic E-state index is -0.439. The van der Waals surface area contributed by atoms with Crippen molar-refractivity contribution in [1.29, 1.82) is 0 Å². The van der Waals surface area contributed by atoms with Crippen LogP contribution in [-0.2, 0) is 4.74 Å². The maximum Gasteiger partial charge on any atom is 0.337 e. The monoisotopic (exact) mass is 405 g/mol. The number of benzene rings is 2. The smallest absolute Gasteiger partial charge is 0.337 e. The summed E-state index contributed by atoms with van der Waals surface area (Å²) in [6.45, 7) is 8.05. The zero-order chi connectivity index (χ0) is 21.4. The number of aromatic nitrogens is 2. The van der Waals surface area contributed by atoms with E-state index in [1.807, 2.05) is 25.1 Å². The van der Waals surface area contributed by atoms with Gasteiger partial charge in [0.05, 0.1) is 29.3 Å². The molecular weight excluding hydrogens is 378 g/mol. The summed E-state index contributed by atoms with van der Waals surface area (Å²) in [7, 11) is 1.35. The number of fused-ring (bicyclic) bond motifs is 1. The molecule has 156 valence electrons. The van der Waals surface area contributed by atoms with E-state index in [1.165, 1.54) is 12.7 Å². The third-order valence-electron chi connectivity index (χ3n) is 6.09. The number of hydrogen-bond acceptors (Lipinski definition) is 5. The van der Waals surface area contributed by atoms with E-state index in [1.54, 1.807) is 22.8 Å². The fourth-order valence-electron chi connectivity index (χ4n) is 3.94. The first kappa shape index (κ1) is 20.1. The van der Waals surface area contributed by atoms with Crippen LogP contribution in [0.5, 0.6) is 0 Å². The maximum absolute atomic E-state index is 13.6. The standard InChI is InChI=1S/C24H27N3O3/c1-15-9-11-26(12-10-15)24-25-21-14-18(23(29)30-4)6-8-20(21)22(28)27(24)19-7-5-16(2)17(3)13-19/h5-8,13-15H,9-12H2,1-4H3. The molecule has 30 heavy (non-hydrogen) atoms. The Balaban J connectivity index is 1.96. The second-order valence-electron chi connectivity index (χ2n) is 8.21. The molecule has 6 nitrogen and oxygen atoms in total. The summed E-state index contributed by atoms with van der Waals surface area (Å²) < 4.78 is 6.54. The Morgan fingerprint density at radius 2 is 1.80 bits per heavy atom. The van der Waals surface area contributed by atoms with Crippen LogP contribution in [0.25, 0.3) is 16.6 Å². The molecule has 1 aromatic heterocycles. The minimum Gasteiger partial charge on any atom is -0.465 e. The van der Waals surface area contributed by atoms with E-state index < -0.39 is 5.97 Å². The van der Waals surface area contributed by atoms with Crippen LogP contribution >= 0.6 is 0 Å². The third-order valence-corrected chi connectivity index (χ3v) is 6.09. The predicted octanol–water partition coefficient (Wildman–Crippen LogP) is 4.03. The highest BCUT2D eigenvalue weighted by Crippen LogP contribution is 2.26. The van der Waals surface area contributed by atoms with Gasteiger partial charge in [0.2, 0.25) is 5.95 Å².